The highest BCUT2D eigenvalue weighted by molar-refractivity contribution is 5.90. The van der Waals surface area contributed by atoms with Crippen LogP contribution in [-0.2, 0) is 25.6 Å². The van der Waals surface area contributed by atoms with E-state index in [-0.39, 0.29) is 6.54 Å². The average Bonchev–Trinajstić information content (AvgIpc) is 2.79. The van der Waals surface area contributed by atoms with Gasteiger partial charge in [0, 0.05) is 12.6 Å². The second-order valence-corrected chi connectivity index (χ2v) is 6.02. The molecule has 30 heavy (non-hydrogen) atoms. The lowest BCUT2D eigenvalue weighted by Crippen LogP contribution is -2.28. The number of ether oxygens (including phenoxy) is 4. The standard InChI is InChI=1S/C22H23NO7/c1-27-18-10-6-15(12-19(18)28-2)7-11-21(25)30-14-20(24)23-13-16-4-8-17(9-5-16)22(26)29-3/h4-12H,13-14H2,1-3H3,(H,23,24)/b11-7+. The minimum Gasteiger partial charge on any atom is -0.493 e. The van der Waals surface area contributed by atoms with E-state index in [1.165, 1.54) is 27.4 Å². The molecule has 8 nitrogen and oxygen atoms in total. The molecule has 8 heteroatoms. The van der Waals surface area contributed by atoms with Crippen molar-refractivity contribution in [3.63, 3.8) is 0 Å². The maximum Gasteiger partial charge on any atom is 0.337 e. The van der Waals surface area contributed by atoms with E-state index in [1.54, 1.807) is 48.5 Å². The van der Waals surface area contributed by atoms with Crippen molar-refractivity contribution in [2.24, 2.45) is 0 Å². The first-order valence-electron chi connectivity index (χ1n) is 8.97. The summed E-state index contributed by atoms with van der Waals surface area (Å²) in [6, 6.07) is 11.8. The molecule has 0 bridgehead atoms. The van der Waals surface area contributed by atoms with Crippen LogP contribution in [0.1, 0.15) is 21.5 Å². The van der Waals surface area contributed by atoms with Gasteiger partial charge >= 0.3 is 11.9 Å². The highest BCUT2D eigenvalue weighted by Crippen LogP contribution is 2.27. The molecule has 0 spiro atoms. The van der Waals surface area contributed by atoms with Crippen LogP contribution in [0, 0.1) is 0 Å². The van der Waals surface area contributed by atoms with Gasteiger partial charge in [-0.25, -0.2) is 9.59 Å². The summed E-state index contributed by atoms with van der Waals surface area (Å²) in [5, 5.41) is 2.63. The predicted octanol–water partition coefficient (Wildman–Crippen LogP) is 2.36. The third-order valence-electron chi connectivity index (χ3n) is 4.03. The van der Waals surface area contributed by atoms with Crippen molar-refractivity contribution >= 4 is 23.9 Å². The Morgan fingerprint density at radius 1 is 0.933 bits per heavy atom. The van der Waals surface area contributed by atoms with Gasteiger partial charge in [0.2, 0.25) is 0 Å². The lowest BCUT2D eigenvalue weighted by Gasteiger charge is -2.07. The molecule has 0 fully saturated rings. The van der Waals surface area contributed by atoms with Crippen molar-refractivity contribution in [3.05, 3.63) is 65.2 Å². The van der Waals surface area contributed by atoms with Crippen LogP contribution in [0.3, 0.4) is 0 Å². The van der Waals surface area contributed by atoms with Gasteiger partial charge in [0.1, 0.15) is 0 Å². The van der Waals surface area contributed by atoms with Gasteiger partial charge in [-0.2, -0.15) is 0 Å². The molecule has 1 amide bonds. The lowest BCUT2D eigenvalue weighted by atomic mass is 10.1. The van der Waals surface area contributed by atoms with Gasteiger partial charge in [-0.05, 0) is 41.5 Å². The smallest absolute Gasteiger partial charge is 0.337 e. The van der Waals surface area contributed by atoms with Crippen molar-refractivity contribution in [3.8, 4) is 11.5 Å². The number of nitrogens with one attached hydrogen (secondary N) is 1. The van der Waals surface area contributed by atoms with E-state index in [0.29, 0.717) is 22.6 Å². The largest absolute Gasteiger partial charge is 0.493 e. The number of carbonyl (C=O) groups is 3. The first-order valence-corrected chi connectivity index (χ1v) is 8.97. The number of methoxy groups -OCH3 is 3. The van der Waals surface area contributed by atoms with E-state index >= 15 is 0 Å². The Balaban J connectivity index is 1.78. The van der Waals surface area contributed by atoms with Crippen molar-refractivity contribution in [1.82, 2.24) is 5.32 Å². The molecule has 0 saturated carbocycles. The third-order valence-corrected chi connectivity index (χ3v) is 4.03. The van der Waals surface area contributed by atoms with Crippen LogP contribution in [0.4, 0.5) is 0 Å². The highest BCUT2D eigenvalue weighted by Gasteiger charge is 2.08. The molecule has 2 rings (SSSR count). The Hall–Kier alpha value is -3.81. The van der Waals surface area contributed by atoms with Crippen LogP contribution in [0.25, 0.3) is 6.08 Å². The molecule has 0 heterocycles. The van der Waals surface area contributed by atoms with E-state index in [9.17, 15) is 14.4 Å². The zero-order valence-corrected chi connectivity index (χ0v) is 17.0. The molecule has 0 saturated heterocycles. The second-order valence-electron chi connectivity index (χ2n) is 6.02. The Morgan fingerprint density at radius 3 is 2.27 bits per heavy atom. The molecule has 0 aromatic heterocycles. The van der Waals surface area contributed by atoms with Crippen molar-refractivity contribution in [2.45, 2.75) is 6.54 Å². The fraction of sp³-hybridized carbons (Fsp3) is 0.227. The summed E-state index contributed by atoms with van der Waals surface area (Å²) in [4.78, 5) is 35.1. The summed E-state index contributed by atoms with van der Waals surface area (Å²) < 4.78 is 19.9. The van der Waals surface area contributed by atoms with Gasteiger partial charge in [-0.3, -0.25) is 4.79 Å². The zero-order valence-electron chi connectivity index (χ0n) is 17.0. The van der Waals surface area contributed by atoms with Gasteiger partial charge in [0.15, 0.2) is 18.1 Å². The SMILES string of the molecule is COC(=O)c1ccc(CNC(=O)COC(=O)/C=C/c2ccc(OC)c(OC)c2)cc1. The second kappa shape index (κ2) is 11.3. The lowest BCUT2D eigenvalue weighted by molar-refractivity contribution is -0.143. The maximum atomic E-state index is 11.9. The molecular formula is C22H23NO7. The monoisotopic (exact) mass is 413 g/mol. The maximum absolute atomic E-state index is 11.9. The molecule has 0 atom stereocenters. The van der Waals surface area contributed by atoms with Crippen LogP contribution in [-0.4, -0.2) is 45.8 Å². The Kier molecular flexibility index (Phi) is 8.43. The van der Waals surface area contributed by atoms with Crippen LogP contribution >= 0.6 is 0 Å². The zero-order chi connectivity index (χ0) is 21.9. The molecule has 0 unspecified atom stereocenters. The molecule has 0 radical (unpaired) electrons. The van der Waals surface area contributed by atoms with E-state index < -0.39 is 24.5 Å². The molecule has 2 aromatic carbocycles. The topological polar surface area (TPSA) is 100 Å². The number of amides is 1. The number of esters is 2. The molecule has 0 aliphatic heterocycles. The van der Waals surface area contributed by atoms with Crippen LogP contribution in [0.5, 0.6) is 11.5 Å². The summed E-state index contributed by atoms with van der Waals surface area (Å²) in [5.41, 5.74) is 1.92. The van der Waals surface area contributed by atoms with E-state index in [2.05, 4.69) is 10.1 Å². The number of carbonyl (C=O) groups excluding carboxylic acids is 3. The number of hydrogen-bond acceptors (Lipinski definition) is 7. The fourth-order valence-electron chi connectivity index (χ4n) is 2.43. The molecule has 0 aliphatic carbocycles. The normalized spacial score (nSPS) is 10.4. The van der Waals surface area contributed by atoms with E-state index in [4.69, 9.17) is 14.2 Å². The van der Waals surface area contributed by atoms with Gasteiger partial charge in [0.05, 0.1) is 26.9 Å². The highest BCUT2D eigenvalue weighted by atomic mass is 16.5. The summed E-state index contributed by atoms with van der Waals surface area (Å²) in [7, 11) is 4.36. The van der Waals surface area contributed by atoms with Gasteiger partial charge in [0.25, 0.3) is 5.91 Å². The number of rotatable bonds is 9. The molecular weight excluding hydrogens is 390 g/mol. The fourth-order valence-corrected chi connectivity index (χ4v) is 2.43. The summed E-state index contributed by atoms with van der Waals surface area (Å²) in [6.07, 6.45) is 2.77. The molecule has 0 aliphatic rings. The van der Waals surface area contributed by atoms with Gasteiger partial charge in [-0.15, -0.1) is 0 Å². The van der Waals surface area contributed by atoms with E-state index in [1.807, 2.05) is 0 Å². The van der Waals surface area contributed by atoms with Crippen molar-refractivity contribution in [1.29, 1.82) is 0 Å². The third kappa shape index (κ3) is 6.66. The van der Waals surface area contributed by atoms with Crippen molar-refractivity contribution in [2.75, 3.05) is 27.9 Å². The average molecular weight is 413 g/mol. The Bertz CT molecular complexity index is 920. The number of benzene rings is 2. The Morgan fingerprint density at radius 2 is 1.63 bits per heavy atom. The van der Waals surface area contributed by atoms with Crippen LogP contribution in [0.2, 0.25) is 0 Å². The summed E-state index contributed by atoms with van der Waals surface area (Å²) >= 11 is 0. The first kappa shape index (κ1) is 22.5. The Labute approximate surface area is 174 Å². The summed E-state index contributed by atoms with van der Waals surface area (Å²) in [5.74, 6) is -0.415. The molecule has 1 N–H and O–H groups in total. The van der Waals surface area contributed by atoms with Gasteiger partial charge in [-0.1, -0.05) is 18.2 Å². The van der Waals surface area contributed by atoms with E-state index in [0.717, 1.165) is 5.56 Å². The quantitative estimate of drug-likeness (QED) is 0.498. The molecule has 158 valence electrons. The van der Waals surface area contributed by atoms with Gasteiger partial charge < -0.3 is 24.3 Å². The minimum atomic E-state index is -0.651. The van der Waals surface area contributed by atoms with Crippen LogP contribution < -0.4 is 14.8 Å². The number of hydrogen-bond donors (Lipinski definition) is 1. The molecule has 2 aromatic rings. The predicted molar refractivity (Wildman–Crippen MR) is 109 cm³/mol. The summed E-state index contributed by atoms with van der Waals surface area (Å²) in [6.45, 7) is -0.172. The van der Waals surface area contributed by atoms with Crippen molar-refractivity contribution < 1.29 is 33.3 Å². The minimum absolute atomic E-state index is 0.235. The van der Waals surface area contributed by atoms with Crippen LogP contribution in [0.15, 0.2) is 48.5 Å². The first-order chi connectivity index (χ1) is 14.5.